The molecule has 19 heavy (non-hydrogen) atoms. The van der Waals surface area contributed by atoms with Crippen LogP contribution in [0.2, 0.25) is 0 Å². The number of alkyl halides is 1. The Balaban J connectivity index is 1.86. The second-order valence-electron chi connectivity index (χ2n) is 4.32. The molecular formula is C14H13ClN4. The number of nitrogens with zero attached hydrogens (tertiary/aromatic N) is 4. The van der Waals surface area contributed by atoms with Crippen LogP contribution < -0.4 is 0 Å². The number of hydrogen-bond donors (Lipinski definition) is 0. The van der Waals surface area contributed by atoms with Crippen LogP contribution >= 0.6 is 11.6 Å². The lowest BCUT2D eigenvalue weighted by Gasteiger charge is -2.07. The van der Waals surface area contributed by atoms with Crippen LogP contribution in [0.25, 0.3) is 10.9 Å². The van der Waals surface area contributed by atoms with Gasteiger partial charge in [-0.3, -0.25) is 4.98 Å². The van der Waals surface area contributed by atoms with Crippen molar-refractivity contribution in [1.29, 1.82) is 0 Å². The number of fused-ring (bicyclic) bond motifs is 1. The molecule has 3 rings (SSSR count). The van der Waals surface area contributed by atoms with Crippen LogP contribution in [0.5, 0.6) is 0 Å². The molecule has 0 saturated heterocycles. The summed E-state index contributed by atoms with van der Waals surface area (Å²) < 4.78 is 1.98. The van der Waals surface area contributed by atoms with Crippen molar-refractivity contribution in [1.82, 2.24) is 19.7 Å². The van der Waals surface area contributed by atoms with Crippen molar-refractivity contribution < 1.29 is 0 Å². The molecule has 0 aliphatic heterocycles. The minimum atomic E-state index is 0.383. The number of rotatable bonds is 4. The molecule has 2 heterocycles. The van der Waals surface area contributed by atoms with Crippen molar-refractivity contribution in [2.45, 2.75) is 18.8 Å². The molecule has 96 valence electrons. The normalized spacial score (nSPS) is 11.0. The highest BCUT2D eigenvalue weighted by Gasteiger charge is 2.05. The molecule has 0 unspecified atom stereocenters. The maximum absolute atomic E-state index is 5.81. The minimum Gasteiger partial charge on any atom is -0.316 e. The summed E-state index contributed by atoms with van der Waals surface area (Å²) in [6, 6.07) is 10.3. The van der Waals surface area contributed by atoms with E-state index in [1.165, 1.54) is 10.9 Å². The molecule has 3 aromatic rings. The summed E-state index contributed by atoms with van der Waals surface area (Å²) in [6.07, 6.45) is 4.43. The molecule has 0 amide bonds. The largest absolute Gasteiger partial charge is 0.316 e. The van der Waals surface area contributed by atoms with E-state index >= 15 is 0 Å². The number of hydrogen-bond acceptors (Lipinski definition) is 3. The van der Waals surface area contributed by atoms with Gasteiger partial charge in [-0.05, 0) is 18.1 Å². The van der Waals surface area contributed by atoms with Crippen molar-refractivity contribution in [3.63, 3.8) is 0 Å². The smallest absolute Gasteiger partial charge is 0.147 e. The maximum atomic E-state index is 5.81. The Kier molecular flexibility index (Phi) is 3.42. The van der Waals surface area contributed by atoms with Crippen LogP contribution in [0, 0.1) is 0 Å². The molecule has 0 aliphatic carbocycles. The second kappa shape index (κ2) is 5.36. The zero-order valence-electron chi connectivity index (χ0n) is 10.3. The quantitative estimate of drug-likeness (QED) is 0.686. The number of aromatic nitrogens is 4. The molecular weight excluding hydrogens is 260 g/mol. The summed E-state index contributed by atoms with van der Waals surface area (Å²) in [5.74, 6) is 1.18. The predicted molar refractivity (Wildman–Crippen MR) is 75.0 cm³/mol. The third-order valence-corrected chi connectivity index (χ3v) is 3.39. The van der Waals surface area contributed by atoms with Gasteiger partial charge in [-0.25, -0.2) is 0 Å². The molecule has 0 radical (unpaired) electrons. The number of aryl methyl sites for hydroxylation is 2. The van der Waals surface area contributed by atoms with Gasteiger partial charge in [0.05, 0.1) is 11.4 Å². The Hall–Kier alpha value is -1.94. The Morgan fingerprint density at radius 3 is 2.95 bits per heavy atom. The Bertz CT molecular complexity index is 687. The summed E-state index contributed by atoms with van der Waals surface area (Å²) in [7, 11) is 0. The lowest BCUT2D eigenvalue weighted by Crippen LogP contribution is -2.04. The van der Waals surface area contributed by atoms with E-state index in [-0.39, 0.29) is 0 Å². The fourth-order valence-corrected chi connectivity index (χ4v) is 2.39. The maximum Gasteiger partial charge on any atom is 0.147 e. The first kappa shape index (κ1) is 12.1. The van der Waals surface area contributed by atoms with Gasteiger partial charge in [0.1, 0.15) is 12.2 Å². The highest BCUT2D eigenvalue weighted by Crippen LogP contribution is 2.17. The van der Waals surface area contributed by atoms with Gasteiger partial charge in [0, 0.05) is 18.1 Å². The average Bonchev–Trinajstić information content (AvgIpc) is 2.92. The number of halogens is 1. The van der Waals surface area contributed by atoms with Crippen LogP contribution in [0.4, 0.5) is 0 Å². The molecule has 5 heteroatoms. The third kappa shape index (κ3) is 2.44. The summed E-state index contributed by atoms with van der Waals surface area (Å²) in [4.78, 5) is 4.46. The van der Waals surface area contributed by atoms with Crippen LogP contribution in [-0.2, 0) is 18.8 Å². The topological polar surface area (TPSA) is 43.6 Å². The van der Waals surface area contributed by atoms with Gasteiger partial charge < -0.3 is 4.57 Å². The van der Waals surface area contributed by atoms with Crippen molar-refractivity contribution in [2.75, 3.05) is 0 Å². The molecule has 0 N–H and O–H groups in total. The van der Waals surface area contributed by atoms with E-state index in [1.54, 1.807) is 6.33 Å². The standard InChI is InChI=1S/C14H13ClN4/c15-9-13-18-17-10-19(13)8-6-12-4-1-3-11-5-2-7-16-14(11)12/h1-5,7,10H,6,8-9H2. The lowest BCUT2D eigenvalue weighted by atomic mass is 10.1. The minimum absolute atomic E-state index is 0.383. The van der Waals surface area contributed by atoms with Crippen LogP contribution in [-0.4, -0.2) is 19.7 Å². The van der Waals surface area contributed by atoms with Crippen molar-refractivity contribution in [2.24, 2.45) is 0 Å². The van der Waals surface area contributed by atoms with Crippen LogP contribution in [0.15, 0.2) is 42.9 Å². The molecule has 0 saturated carbocycles. The van der Waals surface area contributed by atoms with Crippen LogP contribution in [0.1, 0.15) is 11.4 Å². The number of para-hydroxylation sites is 1. The average molecular weight is 273 g/mol. The van der Waals surface area contributed by atoms with Gasteiger partial charge in [-0.2, -0.15) is 0 Å². The summed E-state index contributed by atoms with van der Waals surface area (Å²) >= 11 is 5.81. The summed E-state index contributed by atoms with van der Waals surface area (Å²) in [5.41, 5.74) is 2.29. The molecule has 0 atom stereocenters. The van der Waals surface area contributed by atoms with Gasteiger partial charge in [0.15, 0.2) is 0 Å². The first-order valence-electron chi connectivity index (χ1n) is 6.14. The van der Waals surface area contributed by atoms with Gasteiger partial charge >= 0.3 is 0 Å². The third-order valence-electron chi connectivity index (χ3n) is 3.15. The zero-order valence-corrected chi connectivity index (χ0v) is 11.1. The number of pyridine rings is 1. The Morgan fingerprint density at radius 2 is 2.05 bits per heavy atom. The molecule has 2 aromatic heterocycles. The molecule has 0 spiro atoms. The van der Waals surface area contributed by atoms with Gasteiger partial charge in [-0.1, -0.05) is 24.3 Å². The van der Waals surface area contributed by atoms with E-state index in [0.717, 1.165) is 24.3 Å². The van der Waals surface area contributed by atoms with Crippen LogP contribution in [0.3, 0.4) is 0 Å². The Morgan fingerprint density at radius 1 is 1.16 bits per heavy atom. The monoisotopic (exact) mass is 272 g/mol. The van der Waals surface area contributed by atoms with Crippen molar-refractivity contribution in [3.05, 3.63) is 54.2 Å². The first-order valence-corrected chi connectivity index (χ1v) is 6.67. The fourth-order valence-electron chi connectivity index (χ4n) is 2.18. The van der Waals surface area contributed by atoms with Crippen molar-refractivity contribution in [3.8, 4) is 0 Å². The highest BCUT2D eigenvalue weighted by atomic mass is 35.5. The highest BCUT2D eigenvalue weighted by molar-refractivity contribution is 6.16. The molecule has 0 fully saturated rings. The van der Waals surface area contributed by atoms with Gasteiger partial charge in [-0.15, -0.1) is 21.8 Å². The molecule has 4 nitrogen and oxygen atoms in total. The molecule has 0 bridgehead atoms. The lowest BCUT2D eigenvalue weighted by molar-refractivity contribution is 0.670. The summed E-state index contributed by atoms with van der Waals surface area (Å²) in [6.45, 7) is 0.810. The first-order chi connectivity index (χ1) is 9.38. The van der Waals surface area contributed by atoms with E-state index in [4.69, 9.17) is 11.6 Å². The van der Waals surface area contributed by atoms with Crippen molar-refractivity contribution >= 4 is 22.5 Å². The zero-order chi connectivity index (χ0) is 13.1. The van der Waals surface area contributed by atoms with E-state index < -0.39 is 0 Å². The molecule has 0 aliphatic rings. The van der Waals surface area contributed by atoms with E-state index in [1.807, 2.05) is 16.8 Å². The Labute approximate surface area is 116 Å². The van der Waals surface area contributed by atoms with Gasteiger partial charge in [0.25, 0.3) is 0 Å². The fraction of sp³-hybridized carbons (Fsp3) is 0.214. The SMILES string of the molecule is ClCc1nncn1CCc1cccc2cccnc12. The summed E-state index contributed by atoms with van der Waals surface area (Å²) in [5, 5.41) is 9.02. The number of benzene rings is 1. The van der Waals surface area contributed by atoms with E-state index in [2.05, 4.69) is 39.4 Å². The molecule has 1 aromatic carbocycles. The van der Waals surface area contributed by atoms with E-state index in [9.17, 15) is 0 Å². The predicted octanol–water partition coefficient (Wildman–Crippen LogP) is 2.81. The second-order valence-corrected chi connectivity index (χ2v) is 4.58. The van der Waals surface area contributed by atoms with E-state index in [0.29, 0.717) is 5.88 Å². The van der Waals surface area contributed by atoms with Gasteiger partial charge in [0.2, 0.25) is 0 Å².